The molecule has 1 aromatic heterocycles. The Hall–Kier alpha value is -2.28. The number of aromatic amines is 1. The lowest BCUT2D eigenvalue weighted by Crippen LogP contribution is -2.17. The highest BCUT2D eigenvalue weighted by atomic mass is 19.1. The summed E-state index contributed by atoms with van der Waals surface area (Å²) in [6.07, 6.45) is 0.643. The summed E-state index contributed by atoms with van der Waals surface area (Å²) >= 11 is 0. The summed E-state index contributed by atoms with van der Waals surface area (Å²) in [5.74, 6) is -1.94. The molecule has 0 unspecified atom stereocenters. The number of amides is 1. The van der Waals surface area contributed by atoms with Crippen LogP contribution in [0.2, 0.25) is 0 Å². The molecule has 0 saturated heterocycles. The quantitative estimate of drug-likeness (QED) is 0.883. The summed E-state index contributed by atoms with van der Waals surface area (Å²) in [4.78, 5) is 12.1. The minimum absolute atomic E-state index is 0.142. The largest absolute Gasteiger partial charge is 0.376 e. The molecule has 0 saturated carbocycles. The van der Waals surface area contributed by atoms with Gasteiger partial charge in [-0.05, 0) is 12.1 Å². The molecule has 104 valence electrons. The number of aromatic nitrogens is 2. The van der Waals surface area contributed by atoms with Crippen LogP contribution in [0, 0.1) is 11.6 Å². The summed E-state index contributed by atoms with van der Waals surface area (Å²) in [7, 11) is 0. The van der Waals surface area contributed by atoms with Crippen molar-refractivity contribution in [1.82, 2.24) is 10.2 Å². The van der Waals surface area contributed by atoms with Gasteiger partial charge in [-0.2, -0.15) is 5.10 Å². The average Bonchev–Trinajstić information content (AvgIpc) is 2.87. The van der Waals surface area contributed by atoms with Gasteiger partial charge in [0.1, 0.15) is 11.6 Å². The Morgan fingerprint density at radius 3 is 3.10 bits per heavy atom. The summed E-state index contributed by atoms with van der Waals surface area (Å²) in [5.41, 5.74) is 1.42. The molecule has 1 amide bonds. The third-order valence-corrected chi connectivity index (χ3v) is 3.09. The maximum absolute atomic E-state index is 13.5. The fourth-order valence-electron chi connectivity index (χ4n) is 2.07. The van der Waals surface area contributed by atoms with Crippen molar-refractivity contribution in [2.75, 3.05) is 11.9 Å². The van der Waals surface area contributed by atoms with Crippen LogP contribution in [0.1, 0.15) is 21.7 Å². The molecule has 2 N–H and O–H groups in total. The molecule has 0 atom stereocenters. The molecule has 0 radical (unpaired) electrons. The first kappa shape index (κ1) is 12.7. The molecule has 1 aliphatic rings. The standard InChI is InChI=1S/C13H11F2N3O2/c14-7-1-2-9(15)11(5-7)16-13(19)12-8-6-20-4-3-10(8)17-18-12/h1-2,5H,3-4,6H2,(H,16,19)(H,17,18). The highest BCUT2D eigenvalue weighted by Crippen LogP contribution is 2.21. The lowest BCUT2D eigenvalue weighted by Gasteiger charge is -2.12. The minimum Gasteiger partial charge on any atom is -0.376 e. The molecule has 20 heavy (non-hydrogen) atoms. The number of halogens is 2. The number of rotatable bonds is 2. The number of carbonyl (C=O) groups is 1. The number of anilines is 1. The van der Waals surface area contributed by atoms with Gasteiger partial charge in [-0.1, -0.05) is 0 Å². The number of ether oxygens (including phenoxy) is 1. The smallest absolute Gasteiger partial charge is 0.276 e. The van der Waals surface area contributed by atoms with E-state index in [1.807, 2.05) is 0 Å². The Kier molecular flexibility index (Phi) is 3.19. The van der Waals surface area contributed by atoms with E-state index in [9.17, 15) is 13.6 Å². The zero-order chi connectivity index (χ0) is 14.1. The van der Waals surface area contributed by atoms with Crippen molar-refractivity contribution in [3.8, 4) is 0 Å². The monoisotopic (exact) mass is 279 g/mol. The van der Waals surface area contributed by atoms with Crippen molar-refractivity contribution < 1.29 is 18.3 Å². The molecule has 0 fully saturated rings. The summed E-state index contributed by atoms with van der Waals surface area (Å²) in [6.45, 7) is 0.842. The van der Waals surface area contributed by atoms with Gasteiger partial charge in [-0.15, -0.1) is 0 Å². The normalized spacial score (nSPS) is 13.9. The molecular formula is C13H11F2N3O2. The number of H-pyrrole nitrogens is 1. The van der Waals surface area contributed by atoms with E-state index in [0.717, 1.165) is 23.9 Å². The zero-order valence-electron chi connectivity index (χ0n) is 10.4. The molecule has 2 heterocycles. The number of benzene rings is 1. The van der Waals surface area contributed by atoms with E-state index >= 15 is 0 Å². The maximum atomic E-state index is 13.5. The van der Waals surface area contributed by atoms with Crippen LogP contribution in [0.25, 0.3) is 0 Å². The van der Waals surface area contributed by atoms with E-state index in [1.54, 1.807) is 0 Å². The van der Waals surface area contributed by atoms with Crippen LogP contribution in [0.4, 0.5) is 14.5 Å². The van der Waals surface area contributed by atoms with Crippen molar-refractivity contribution in [2.24, 2.45) is 0 Å². The van der Waals surface area contributed by atoms with Gasteiger partial charge < -0.3 is 10.1 Å². The summed E-state index contributed by atoms with van der Waals surface area (Å²) in [6, 6.07) is 2.85. The molecular weight excluding hydrogens is 268 g/mol. The fourth-order valence-corrected chi connectivity index (χ4v) is 2.07. The van der Waals surface area contributed by atoms with Gasteiger partial charge >= 0.3 is 0 Å². The van der Waals surface area contributed by atoms with Gasteiger partial charge in [0.05, 0.1) is 18.9 Å². The van der Waals surface area contributed by atoms with Gasteiger partial charge in [0, 0.05) is 23.7 Å². The van der Waals surface area contributed by atoms with E-state index in [2.05, 4.69) is 15.5 Å². The Morgan fingerprint density at radius 1 is 1.40 bits per heavy atom. The second kappa shape index (κ2) is 5.01. The topological polar surface area (TPSA) is 67.0 Å². The number of hydrogen-bond donors (Lipinski definition) is 2. The third kappa shape index (κ3) is 2.27. The zero-order valence-corrected chi connectivity index (χ0v) is 10.4. The third-order valence-electron chi connectivity index (χ3n) is 3.09. The van der Waals surface area contributed by atoms with Gasteiger partial charge in [-0.25, -0.2) is 8.78 Å². The van der Waals surface area contributed by atoms with Gasteiger partial charge in [0.25, 0.3) is 5.91 Å². The molecule has 0 bridgehead atoms. The van der Waals surface area contributed by atoms with Crippen LogP contribution in [0.3, 0.4) is 0 Å². The highest BCUT2D eigenvalue weighted by molar-refractivity contribution is 6.04. The van der Waals surface area contributed by atoms with Crippen LogP contribution in [0.5, 0.6) is 0 Å². The Balaban J connectivity index is 1.86. The van der Waals surface area contributed by atoms with Gasteiger partial charge in [0.15, 0.2) is 5.69 Å². The highest BCUT2D eigenvalue weighted by Gasteiger charge is 2.22. The number of nitrogens with zero attached hydrogens (tertiary/aromatic N) is 1. The number of fused-ring (bicyclic) bond motifs is 1. The fraction of sp³-hybridized carbons (Fsp3) is 0.231. The van der Waals surface area contributed by atoms with Crippen LogP contribution in [-0.4, -0.2) is 22.7 Å². The molecule has 1 aliphatic heterocycles. The first-order valence-electron chi connectivity index (χ1n) is 6.05. The number of nitrogens with one attached hydrogen (secondary N) is 2. The number of carbonyl (C=O) groups excluding carboxylic acids is 1. The van der Waals surface area contributed by atoms with Crippen molar-refractivity contribution in [2.45, 2.75) is 13.0 Å². The molecule has 0 spiro atoms. The van der Waals surface area contributed by atoms with E-state index in [0.29, 0.717) is 18.6 Å². The van der Waals surface area contributed by atoms with Crippen molar-refractivity contribution in [3.63, 3.8) is 0 Å². The predicted octanol–water partition coefficient (Wildman–Crippen LogP) is 2.01. The van der Waals surface area contributed by atoms with Crippen LogP contribution >= 0.6 is 0 Å². The Morgan fingerprint density at radius 2 is 2.25 bits per heavy atom. The average molecular weight is 279 g/mol. The molecule has 5 nitrogen and oxygen atoms in total. The van der Waals surface area contributed by atoms with Crippen molar-refractivity contribution in [3.05, 3.63) is 46.8 Å². The lowest BCUT2D eigenvalue weighted by atomic mass is 10.1. The first-order chi connectivity index (χ1) is 9.65. The molecule has 1 aromatic carbocycles. The van der Waals surface area contributed by atoms with Gasteiger partial charge in [-0.3, -0.25) is 9.89 Å². The maximum Gasteiger partial charge on any atom is 0.276 e. The van der Waals surface area contributed by atoms with E-state index in [-0.39, 0.29) is 18.0 Å². The molecule has 7 heteroatoms. The van der Waals surface area contributed by atoms with E-state index in [4.69, 9.17) is 4.74 Å². The van der Waals surface area contributed by atoms with Crippen molar-refractivity contribution in [1.29, 1.82) is 0 Å². The minimum atomic E-state index is -0.708. The first-order valence-corrected chi connectivity index (χ1v) is 6.05. The summed E-state index contributed by atoms with van der Waals surface area (Å²) < 4.78 is 31.8. The second-order valence-corrected chi connectivity index (χ2v) is 4.41. The van der Waals surface area contributed by atoms with E-state index in [1.165, 1.54) is 0 Å². The number of hydrogen-bond acceptors (Lipinski definition) is 3. The van der Waals surface area contributed by atoms with E-state index < -0.39 is 17.5 Å². The molecule has 0 aliphatic carbocycles. The lowest BCUT2D eigenvalue weighted by molar-refractivity contribution is 0.0984. The molecule has 3 rings (SSSR count). The predicted molar refractivity (Wildman–Crippen MR) is 66.3 cm³/mol. The summed E-state index contributed by atoms with van der Waals surface area (Å²) in [5, 5.41) is 8.98. The Bertz CT molecular complexity index is 670. The second-order valence-electron chi connectivity index (χ2n) is 4.41. The Labute approximate surface area is 112 Å². The van der Waals surface area contributed by atoms with Crippen LogP contribution in [0.15, 0.2) is 18.2 Å². The SMILES string of the molecule is O=C(Nc1cc(F)ccc1F)c1n[nH]c2c1COCC2. The van der Waals surface area contributed by atoms with Gasteiger partial charge in [0.2, 0.25) is 0 Å². The van der Waals surface area contributed by atoms with Crippen LogP contribution < -0.4 is 5.32 Å². The van der Waals surface area contributed by atoms with Crippen molar-refractivity contribution >= 4 is 11.6 Å². The van der Waals surface area contributed by atoms with Crippen LogP contribution in [-0.2, 0) is 17.8 Å². The molecule has 2 aromatic rings.